The van der Waals surface area contributed by atoms with E-state index in [1.807, 2.05) is 0 Å². The predicted octanol–water partition coefficient (Wildman–Crippen LogP) is 6.34. The van der Waals surface area contributed by atoms with E-state index in [0.29, 0.717) is 13.0 Å². The molecular weight excluding hydrogens is 312 g/mol. The van der Waals surface area contributed by atoms with Crippen molar-refractivity contribution in [2.24, 2.45) is 0 Å². The van der Waals surface area contributed by atoms with Gasteiger partial charge in [0.1, 0.15) is 0 Å². The van der Waals surface area contributed by atoms with Crippen LogP contribution in [0.2, 0.25) is 0 Å². The highest BCUT2D eigenvalue weighted by molar-refractivity contribution is 5.69. The van der Waals surface area contributed by atoms with Crippen LogP contribution in [-0.2, 0) is 9.53 Å². The summed E-state index contributed by atoms with van der Waals surface area (Å²) in [6.45, 7) is 4.89. The van der Waals surface area contributed by atoms with E-state index < -0.39 is 0 Å². The van der Waals surface area contributed by atoms with Gasteiger partial charge in [0.15, 0.2) is 0 Å². The lowest BCUT2D eigenvalue weighted by molar-refractivity contribution is -0.143. The summed E-state index contributed by atoms with van der Waals surface area (Å²) in [5.41, 5.74) is 0. The first-order chi connectivity index (χ1) is 12.2. The molecular formula is C22H42O3. The average molecular weight is 355 g/mol. The molecule has 0 aromatic rings. The molecule has 0 aliphatic carbocycles. The fraction of sp³-hybridized carbons (Fsp3) is 0.864. The van der Waals surface area contributed by atoms with E-state index in [9.17, 15) is 9.90 Å². The van der Waals surface area contributed by atoms with E-state index in [2.05, 4.69) is 26.0 Å². The van der Waals surface area contributed by atoms with E-state index in [0.717, 1.165) is 51.4 Å². The van der Waals surface area contributed by atoms with Crippen LogP contribution in [0.25, 0.3) is 0 Å². The summed E-state index contributed by atoms with van der Waals surface area (Å²) in [7, 11) is 0. The van der Waals surface area contributed by atoms with Crippen LogP contribution in [0.5, 0.6) is 0 Å². The minimum atomic E-state index is -0.162. The monoisotopic (exact) mass is 354 g/mol. The van der Waals surface area contributed by atoms with Crippen LogP contribution in [0, 0.1) is 0 Å². The first-order valence-electron chi connectivity index (χ1n) is 10.7. The van der Waals surface area contributed by atoms with Crippen LogP contribution < -0.4 is 0 Å². The molecule has 0 heterocycles. The third-order valence-corrected chi connectivity index (χ3v) is 4.48. The van der Waals surface area contributed by atoms with Crippen LogP contribution in [0.1, 0.15) is 110 Å². The standard InChI is InChI=1S/C22H42O3/c1-3-5-7-14-17-21(23)18-15-12-10-8-9-11-13-16-19-22(24)25-20-6-4-2/h12,15,21,23H,3-11,13-14,16-20H2,1-2H3/b15-12-/t21-/m1/s1. The molecule has 0 spiro atoms. The largest absolute Gasteiger partial charge is 0.466 e. The highest BCUT2D eigenvalue weighted by Gasteiger charge is 2.02. The number of rotatable bonds is 18. The van der Waals surface area contributed by atoms with Crippen molar-refractivity contribution in [2.75, 3.05) is 6.61 Å². The summed E-state index contributed by atoms with van der Waals surface area (Å²) in [4.78, 5) is 11.4. The third-order valence-electron chi connectivity index (χ3n) is 4.48. The van der Waals surface area contributed by atoms with Crippen LogP contribution in [0.15, 0.2) is 12.2 Å². The average Bonchev–Trinajstić information content (AvgIpc) is 2.60. The lowest BCUT2D eigenvalue weighted by Gasteiger charge is -2.07. The fourth-order valence-corrected chi connectivity index (χ4v) is 2.76. The van der Waals surface area contributed by atoms with Gasteiger partial charge < -0.3 is 9.84 Å². The van der Waals surface area contributed by atoms with Gasteiger partial charge in [-0.05, 0) is 38.5 Å². The molecule has 0 aromatic carbocycles. The van der Waals surface area contributed by atoms with Crippen molar-refractivity contribution in [1.82, 2.24) is 0 Å². The smallest absolute Gasteiger partial charge is 0.305 e. The van der Waals surface area contributed by atoms with Gasteiger partial charge in [0.2, 0.25) is 0 Å². The lowest BCUT2D eigenvalue weighted by atomic mass is 10.1. The molecule has 148 valence electrons. The molecule has 0 saturated carbocycles. The summed E-state index contributed by atoms with van der Waals surface area (Å²) in [5, 5.41) is 9.87. The van der Waals surface area contributed by atoms with Gasteiger partial charge in [0.05, 0.1) is 12.7 Å². The van der Waals surface area contributed by atoms with Gasteiger partial charge in [-0.3, -0.25) is 4.79 Å². The molecule has 1 atom stereocenters. The van der Waals surface area contributed by atoms with Crippen molar-refractivity contribution in [3.05, 3.63) is 12.2 Å². The molecule has 0 aliphatic rings. The zero-order valence-corrected chi connectivity index (χ0v) is 16.8. The van der Waals surface area contributed by atoms with Crippen molar-refractivity contribution in [2.45, 2.75) is 116 Å². The zero-order valence-electron chi connectivity index (χ0n) is 16.8. The second-order valence-corrected chi connectivity index (χ2v) is 7.09. The Labute approximate surface area is 156 Å². The minimum Gasteiger partial charge on any atom is -0.466 e. The molecule has 25 heavy (non-hydrogen) atoms. The number of unbranched alkanes of at least 4 members (excludes halogenated alkanes) is 9. The number of esters is 1. The molecule has 0 amide bonds. The van der Waals surface area contributed by atoms with Crippen molar-refractivity contribution >= 4 is 5.97 Å². The summed E-state index contributed by atoms with van der Waals surface area (Å²) < 4.78 is 5.14. The topological polar surface area (TPSA) is 46.5 Å². The van der Waals surface area contributed by atoms with E-state index in [1.54, 1.807) is 0 Å². The molecule has 0 radical (unpaired) electrons. The summed E-state index contributed by atoms with van der Waals surface area (Å²) >= 11 is 0. The number of ether oxygens (including phenoxy) is 1. The van der Waals surface area contributed by atoms with Crippen LogP contribution in [-0.4, -0.2) is 23.8 Å². The fourth-order valence-electron chi connectivity index (χ4n) is 2.76. The molecule has 0 aliphatic heterocycles. The van der Waals surface area contributed by atoms with Crippen LogP contribution in [0.3, 0.4) is 0 Å². The maximum absolute atomic E-state index is 11.4. The zero-order chi connectivity index (χ0) is 18.6. The maximum atomic E-state index is 11.4. The molecule has 0 saturated heterocycles. The van der Waals surface area contributed by atoms with Gasteiger partial charge >= 0.3 is 5.97 Å². The summed E-state index contributed by atoms with van der Waals surface area (Å²) in [5.74, 6) is -0.0374. The van der Waals surface area contributed by atoms with Gasteiger partial charge in [-0.2, -0.15) is 0 Å². The first-order valence-corrected chi connectivity index (χ1v) is 10.7. The number of allylic oxidation sites excluding steroid dienone is 1. The Morgan fingerprint density at radius 1 is 0.880 bits per heavy atom. The van der Waals surface area contributed by atoms with Crippen molar-refractivity contribution in [3.63, 3.8) is 0 Å². The molecule has 0 aromatic heterocycles. The number of carbonyl (C=O) groups is 1. The number of hydrogen-bond acceptors (Lipinski definition) is 3. The van der Waals surface area contributed by atoms with Gasteiger partial charge in [-0.1, -0.05) is 77.4 Å². The lowest BCUT2D eigenvalue weighted by Crippen LogP contribution is -2.05. The molecule has 0 unspecified atom stereocenters. The number of aliphatic hydroxyl groups is 1. The van der Waals surface area contributed by atoms with Gasteiger partial charge in [0, 0.05) is 6.42 Å². The Morgan fingerprint density at radius 2 is 1.56 bits per heavy atom. The minimum absolute atomic E-state index is 0.0374. The SMILES string of the molecule is CCCCCC[C@@H](O)C/C=C\CCCCCCCC(=O)OCCCC. The highest BCUT2D eigenvalue weighted by Crippen LogP contribution is 2.10. The van der Waals surface area contributed by atoms with Crippen molar-refractivity contribution in [3.8, 4) is 0 Å². The second-order valence-electron chi connectivity index (χ2n) is 7.09. The van der Waals surface area contributed by atoms with Crippen LogP contribution in [0.4, 0.5) is 0 Å². The Kier molecular flexibility index (Phi) is 18.8. The predicted molar refractivity (Wildman–Crippen MR) is 107 cm³/mol. The quantitative estimate of drug-likeness (QED) is 0.177. The van der Waals surface area contributed by atoms with Gasteiger partial charge in [0.25, 0.3) is 0 Å². The number of aliphatic hydroxyl groups excluding tert-OH is 1. The molecule has 0 rings (SSSR count). The summed E-state index contributed by atoms with van der Waals surface area (Å²) in [6, 6.07) is 0. The highest BCUT2D eigenvalue weighted by atomic mass is 16.5. The first kappa shape index (κ1) is 24.2. The van der Waals surface area contributed by atoms with E-state index in [-0.39, 0.29) is 12.1 Å². The van der Waals surface area contributed by atoms with E-state index in [1.165, 1.54) is 38.5 Å². The van der Waals surface area contributed by atoms with Crippen LogP contribution >= 0.6 is 0 Å². The molecule has 3 heteroatoms. The summed E-state index contributed by atoms with van der Waals surface area (Å²) in [6.07, 6.45) is 20.2. The molecule has 0 bridgehead atoms. The maximum Gasteiger partial charge on any atom is 0.305 e. The van der Waals surface area contributed by atoms with E-state index >= 15 is 0 Å². The normalized spacial score (nSPS) is 12.6. The Hall–Kier alpha value is -0.830. The van der Waals surface area contributed by atoms with Gasteiger partial charge in [-0.25, -0.2) is 0 Å². The molecule has 1 N–H and O–H groups in total. The Morgan fingerprint density at radius 3 is 2.32 bits per heavy atom. The van der Waals surface area contributed by atoms with Gasteiger partial charge in [-0.15, -0.1) is 0 Å². The van der Waals surface area contributed by atoms with E-state index in [4.69, 9.17) is 4.74 Å². The Balaban J connectivity index is 3.30. The molecule has 3 nitrogen and oxygen atoms in total. The van der Waals surface area contributed by atoms with Crippen molar-refractivity contribution < 1.29 is 14.6 Å². The molecule has 0 fully saturated rings. The number of carbonyl (C=O) groups excluding carboxylic acids is 1. The Bertz CT molecular complexity index is 312. The number of hydrogen-bond donors (Lipinski definition) is 1. The third kappa shape index (κ3) is 19.3. The van der Waals surface area contributed by atoms with Crippen molar-refractivity contribution in [1.29, 1.82) is 0 Å². The second kappa shape index (κ2) is 19.5.